The normalized spacial score (nSPS) is 12.7. The summed E-state index contributed by atoms with van der Waals surface area (Å²) in [6.45, 7) is 0.286. The average Bonchev–Trinajstić information content (AvgIpc) is 2.73. The van der Waals surface area contributed by atoms with Gasteiger partial charge in [-0.25, -0.2) is 0 Å². The predicted molar refractivity (Wildman–Crippen MR) is 105 cm³/mol. The Balaban J connectivity index is 1.92. The minimum atomic E-state index is -2.98. The first kappa shape index (κ1) is 23.0. The van der Waals surface area contributed by atoms with Crippen LogP contribution < -0.4 is 10.1 Å². The summed E-state index contributed by atoms with van der Waals surface area (Å²) in [5.41, 5.74) is 0.859. The summed E-state index contributed by atoms with van der Waals surface area (Å²) in [4.78, 5) is 36.7. The van der Waals surface area contributed by atoms with Gasteiger partial charge < -0.3 is 9.47 Å². The van der Waals surface area contributed by atoms with E-state index >= 15 is 0 Å². The monoisotopic (exact) mass is 419 g/mol. The van der Waals surface area contributed by atoms with E-state index in [1.54, 1.807) is 0 Å². The third-order valence-corrected chi connectivity index (χ3v) is 4.57. The van der Waals surface area contributed by atoms with Crippen molar-refractivity contribution < 1.29 is 32.6 Å². The van der Waals surface area contributed by atoms with Crippen molar-refractivity contribution in [2.45, 2.75) is 32.8 Å². The molecule has 30 heavy (non-hydrogen) atoms. The third kappa shape index (κ3) is 6.65. The van der Waals surface area contributed by atoms with Gasteiger partial charge in [-0.05, 0) is 35.7 Å². The van der Waals surface area contributed by atoms with Crippen molar-refractivity contribution in [3.63, 3.8) is 0 Å². The Hall–Kier alpha value is -3.29. The SMILES string of the molecule is CC[C@H](C)[C@@H](C(=O)OCC(=O)NC(=O)c1ccc(OC(F)F)cc1)c1ccccc1. The number of rotatable bonds is 9. The van der Waals surface area contributed by atoms with E-state index in [1.807, 2.05) is 44.2 Å². The van der Waals surface area contributed by atoms with Crippen molar-refractivity contribution in [3.05, 3.63) is 65.7 Å². The topological polar surface area (TPSA) is 81.7 Å². The van der Waals surface area contributed by atoms with Gasteiger partial charge in [-0.2, -0.15) is 8.78 Å². The molecule has 0 aliphatic heterocycles. The second-order valence-corrected chi connectivity index (χ2v) is 6.66. The molecule has 0 bridgehead atoms. The number of hydrogen-bond acceptors (Lipinski definition) is 5. The van der Waals surface area contributed by atoms with Gasteiger partial charge in [0.2, 0.25) is 0 Å². The first-order valence-corrected chi connectivity index (χ1v) is 9.42. The number of amides is 2. The number of hydrogen-bond donors (Lipinski definition) is 1. The van der Waals surface area contributed by atoms with E-state index in [4.69, 9.17) is 4.74 Å². The number of nitrogens with one attached hydrogen (secondary N) is 1. The zero-order chi connectivity index (χ0) is 22.1. The molecule has 6 nitrogen and oxygen atoms in total. The minimum Gasteiger partial charge on any atom is -0.455 e. The van der Waals surface area contributed by atoms with Crippen LogP contribution in [-0.2, 0) is 14.3 Å². The Kier molecular flexibility index (Phi) is 8.46. The molecule has 0 aliphatic carbocycles. The van der Waals surface area contributed by atoms with Crippen LogP contribution in [0.3, 0.4) is 0 Å². The van der Waals surface area contributed by atoms with Crippen molar-refractivity contribution >= 4 is 17.8 Å². The van der Waals surface area contributed by atoms with E-state index in [2.05, 4.69) is 10.1 Å². The maximum Gasteiger partial charge on any atom is 0.387 e. The van der Waals surface area contributed by atoms with Crippen LogP contribution in [-0.4, -0.2) is 31.0 Å². The summed E-state index contributed by atoms with van der Waals surface area (Å²) >= 11 is 0. The molecular weight excluding hydrogens is 396 g/mol. The summed E-state index contributed by atoms with van der Waals surface area (Å²) in [6, 6.07) is 14.0. The molecule has 2 rings (SSSR count). The highest BCUT2D eigenvalue weighted by atomic mass is 19.3. The number of benzene rings is 2. The molecule has 0 aliphatic rings. The molecule has 0 unspecified atom stereocenters. The molecule has 0 spiro atoms. The molecular formula is C22H23F2NO5. The van der Waals surface area contributed by atoms with E-state index in [0.29, 0.717) is 0 Å². The van der Waals surface area contributed by atoms with Gasteiger partial charge >= 0.3 is 12.6 Å². The lowest BCUT2D eigenvalue weighted by molar-refractivity contribution is -0.151. The quantitative estimate of drug-likeness (QED) is 0.623. The lowest BCUT2D eigenvalue weighted by atomic mass is 9.86. The Morgan fingerprint density at radius 1 is 1.00 bits per heavy atom. The van der Waals surface area contributed by atoms with Crippen LogP contribution in [0.5, 0.6) is 5.75 Å². The Bertz CT molecular complexity index is 856. The molecule has 160 valence electrons. The van der Waals surface area contributed by atoms with Gasteiger partial charge in [0, 0.05) is 5.56 Å². The molecule has 8 heteroatoms. The molecule has 2 atom stereocenters. The van der Waals surface area contributed by atoms with E-state index < -0.39 is 36.9 Å². The molecule has 0 heterocycles. The van der Waals surface area contributed by atoms with Gasteiger partial charge in [-0.1, -0.05) is 50.6 Å². The van der Waals surface area contributed by atoms with Gasteiger partial charge in [0.05, 0.1) is 5.92 Å². The van der Waals surface area contributed by atoms with Crippen LogP contribution in [0.1, 0.15) is 42.1 Å². The predicted octanol–water partition coefficient (Wildman–Crippen LogP) is 3.92. The van der Waals surface area contributed by atoms with Gasteiger partial charge in [-0.3, -0.25) is 19.7 Å². The van der Waals surface area contributed by atoms with E-state index in [9.17, 15) is 23.2 Å². The first-order valence-electron chi connectivity index (χ1n) is 9.42. The Morgan fingerprint density at radius 2 is 1.63 bits per heavy atom. The van der Waals surface area contributed by atoms with Crippen LogP contribution in [0.25, 0.3) is 0 Å². The highest BCUT2D eigenvalue weighted by molar-refractivity contribution is 6.05. The smallest absolute Gasteiger partial charge is 0.387 e. The number of carbonyl (C=O) groups is 3. The van der Waals surface area contributed by atoms with Crippen LogP contribution in [0.2, 0.25) is 0 Å². The highest BCUT2D eigenvalue weighted by Gasteiger charge is 2.28. The number of esters is 1. The second-order valence-electron chi connectivity index (χ2n) is 6.66. The van der Waals surface area contributed by atoms with Crippen molar-refractivity contribution in [1.29, 1.82) is 0 Å². The summed E-state index contributed by atoms with van der Waals surface area (Å²) in [6.07, 6.45) is 0.741. The van der Waals surface area contributed by atoms with Crippen LogP contribution in [0.4, 0.5) is 8.78 Å². The molecule has 1 N–H and O–H groups in total. The molecule has 2 amide bonds. The van der Waals surface area contributed by atoms with Crippen LogP contribution in [0, 0.1) is 5.92 Å². The van der Waals surface area contributed by atoms with E-state index in [-0.39, 0.29) is 17.2 Å². The van der Waals surface area contributed by atoms with Crippen molar-refractivity contribution in [1.82, 2.24) is 5.32 Å². The number of carbonyl (C=O) groups excluding carboxylic acids is 3. The molecule has 0 saturated heterocycles. The average molecular weight is 419 g/mol. The lowest BCUT2D eigenvalue weighted by Gasteiger charge is -2.21. The molecule has 0 aromatic heterocycles. The summed E-state index contributed by atoms with van der Waals surface area (Å²) < 4.78 is 33.6. The molecule has 2 aromatic carbocycles. The molecule has 0 saturated carbocycles. The number of imide groups is 1. The molecule has 2 aromatic rings. The number of alkyl halides is 2. The van der Waals surface area contributed by atoms with Crippen molar-refractivity contribution in [3.8, 4) is 5.75 Å². The van der Waals surface area contributed by atoms with Crippen molar-refractivity contribution in [2.75, 3.05) is 6.61 Å². The highest BCUT2D eigenvalue weighted by Crippen LogP contribution is 2.28. The zero-order valence-electron chi connectivity index (χ0n) is 16.6. The largest absolute Gasteiger partial charge is 0.455 e. The minimum absolute atomic E-state index is 0.00133. The van der Waals surface area contributed by atoms with Gasteiger partial charge in [0.25, 0.3) is 11.8 Å². The maximum atomic E-state index is 12.6. The third-order valence-electron chi connectivity index (χ3n) is 4.57. The number of ether oxygens (including phenoxy) is 2. The number of halogens is 2. The summed E-state index contributed by atoms with van der Waals surface area (Å²) in [7, 11) is 0. The molecule has 0 radical (unpaired) electrons. The van der Waals surface area contributed by atoms with E-state index in [1.165, 1.54) is 24.3 Å². The Labute approximate surface area is 173 Å². The van der Waals surface area contributed by atoms with E-state index in [0.717, 1.165) is 12.0 Å². The fourth-order valence-corrected chi connectivity index (χ4v) is 2.84. The summed E-state index contributed by atoms with van der Waals surface area (Å²) in [5.74, 6) is -2.73. The Morgan fingerprint density at radius 3 is 2.20 bits per heavy atom. The van der Waals surface area contributed by atoms with Crippen LogP contribution in [0.15, 0.2) is 54.6 Å². The van der Waals surface area contributed by atoms with Gasteiger partial charge in [0.15, 0.2) is 6.61 Å². The fourth-order valence-electron chi connectivity index (χ4n) is 2.84. The van der Waals surface area contributed by atoms with Crippen LogP contribution >= 0.6 is 0 Å². The lowest BCUT2D eigenvalue weighted by Crippen LogP contribution is -2.35. The molecule has 0 fully saturated rings. The zero-order valence-corrected chi connectivity index (χ0v) is 16.6. The second kappa shape index (κ2) is 11.0. The first-order chi connectivity index (χ1) is 14.3. The fraction of sp³-hybridized carbons (Fsp3) is 0.318. The standard InChI is InChI=1S/C22H23F2NO5/c1-3-14(2)19(15-7-5-4-6-8-15)21(28)29-13-18(26)25-20(27)16-9-11-17(12-10-16)30-22(23)24/h4-12,14,19,22H,3,13H2,1-2H3,(H,25,26,27)/t14-,19+/m0/s1. The van der Waals surface area contributed by atoms with Crippen molar-refractivity contribution in [2.24, 2.45) is 5.92 Å². The summed E-state index contributed by atoms with van der Waals surface area (Å²) in [5, 5.41) is 2.09. The van der Waals surface area contributed by atoms with Gasteiger partial charge in [0.1, 0.15) is 5.75 Å². The maximum absolute atomic E-state index is 12.6. The van der Waals surface area contributed by atoms with Gasteiger partial charge in [-0.15, -0.1) is 0 Å².